The predicted octanol–water partition coefficient (Wildman–Crippen LogP) is 1.37. The molecule has 230 valence electrons. The molecule has 3 fully saturated rings. The van der Waals surface area contributed by atoms with Gasteiger partial charge in [0.15, 0.2) is 35.4 Å². The summed E-state index contributed by atoms with van der Waals surface area (Å²) in [7, 11) is -2.05. The first-order valence-corrected chi connectivity index (χ1v) is 16.1. The summed E-state index contributed by atoms with van der Waals surface area (Å²) in [6.07, 6.45) is -2.64. The van der Waals surface area contributed by atoms with Crippen LogP contribution in [0.3, 0.4) is 0 Å². The molecule has 3 unspecified atom stereocenters. The van der Waals surface area contributed by atoms with Crippen LogP contribution in [0, 0.1) is 5.92 Å². The molecule has 16 nitrogen and oxygen atoms in total. The van der Waals surface area contributed by atoms with E-state index in [1.807, 2.05) is 0 Å². The first kappa shape index (κ1) is 29.1. The third-order valence-electron chi connectivity index (χ3n) is 7.34. The normalized spacial score (nSPS) is 35.4. The number of nitrogens with one attached hydrogen (secondary N) is 1. The number of aromatic nitrogens is 7. The lowest BCUT2D eigenvalue weighted by atomic mass is 10.0. The molecule has 0 aliphatic carbocycles. The molecule has 10 atom stereocenters. The lowest BCUT2D eigenvalue weighted by molar-refractivity contribution is -0.280. The topological polar surface area (TPSA) is 213 Å². The van der Waals surface area contributed by atoms with Crippen LogP contribution in [0.5, 0.6) is 0 Å². The minimum absolute atomic E-state index is 0.0150. The van der Waals surface area contributed by atoms with E-state index in [1.165, 1.54) is 28.0 Å². The van der Waals surface area contributed by atoms with E-state index in [9.17, 15) is 9.90 Å². The fourth-order valence-corrected chi connectivity index (χ4v) is 8.05. The highest BCUT2D eigenvalue weighted by molar-refractivity contribution is 8.41. The van der Waals surface area contributed by atoms with Gasteiger partial charge in [-0.15, -0.1) is 0 Å². The van der Waals surface area contributed by atoms with Crippen LogP contribution in [-0.2, 0) is 23.3 Å². The van der Waals surface area contributed by atoms with Crippen molar-refractivity contribution in [3.8, 4) is 0 Å². The molecule has 7 rings (SSSR count). The van der Waals surface area contributed by atoms with Crippen LogP contribution in [0.2, 0.25) is 0 Å². The SMILES string of the molecule is Nc1nc2c(ncn2[C@@H]2SC3OC(O)OC[C@H]4[C@H](F)[C@H](n5cnc6c(N)ccnc65)O[C@@H]4COP(S)O[C@@H]2[C@H]3F)c(=O)[nH]1. The molecule has 7 heterocycles. The number of aliphatic hydroxyl groups excluding tert-OH is 1. The third kappa shape index (κ3) is 5.13. The van der Waals surface area contributed by atoms with Gasteiger partial charge in [-0.3, -0.25) is 18.9 Å². The monoisotopic (exact) mass is 659 g/mol. The smallest absolute Gasteiger partial charge is 0.280 e. The van der Waals surface area contributed by atoms with Crippen molar-refractivity contribution in [2.24, 2.45) is 5.92 Å². The first-order chi connectivity index (χ1) is 20.7. The molecule has 43 heavy (non-hydrogen) atoms. The Hall–Kier alpha value is -2.68. The number of ether oxygens (including phenoxy) is 3. The number of hydrogen-bond acceptors (Lipinski definition) is 15. The van der Waals surface area contributed by atoms with Crippen molar-refractivity contribution >= 4 is 65.6 Å². The van der Waals surface area contributed by atoms with Gasteiger partial charge in [-0.1, -0.05) is 24.0 Å². The zero-order valence-corrected chi connectivity index (χ0v) is 24.3. The number of alkyl halides is 2. The number of nitrogens with two attached hydrogens (primary N) is 2. The summed E-state index contributed by atoms with van der Waals surface area (Å²) in [5, 5.41) is 9.65. The maximum absolute atomic E-state index is 15.9. The molecule has 0 spiro atoms. The van der Waals surface area contributed by atoms with E-state index in [1.54, 1.807) is 6.07 Å². The standard InChI is InChI=1S/C22H24F2N9O7PS2/c23-10-7-3-36-22(35)39-20-11(24)14(19(43-20)33-6-29-13-16(33)30-21(26)31-17(13)34)40-41(42)37-4-9(7)38-18(10)32-5-28-12-8(25)1-2-27-15(12)32/h1-2,5-7,9-11,14,18-20,22,35,42H,3-4H2,(H2,25,27)(H3,26,30,31,34)/t7-,9-,10+,11-,14-,18-,19-,20?,22?,41?/m1/s1. The number of anilines is 2. The Labute approximate surface area is 250 Å². The molecule has 2 bridgehead atoms. The van der Waals surface area contributed by atoms with E-state index in [2.05, 4.69) is 37.2 Å². The van der Waals surface area contributed by atoms with Gasteiger partial charge in [0.1, 0.15) is 22.4 Å². The number of rotatable bonds is 2. The van der Waals surface area contributed by atoms with Crippen molar-refractivity contribution in [2.45, 2.75) is 48.1 Å². The van der Waals surface area contributed by atoms with Gasteiger partial charge in [-0.25, -0.2) is 23.7 Å². The van der Waals surface area contributed by atoms with Crippen molar-refractivity contribution in [2.75, 3.05) is 24.7 Å². The zero-order chi connectivity index (χ0) is 30.0. The highest BCUT2D eigenvalue weighted by Gasteiger charge is 2.52. The molecule has 6 N–H and O–H groups in total. The maximum Gasteiger partial charge on any atom is 0.280 e. The Bertz CT molecular complexity index is 1720. The summed E-state index contributed by atoms with van der Waals surface area (Å²) in [6, 6.07) is 1.58. The van der Waals surface area contributed by atoms with E-state index in [0.29, 0.717) is 16.9 Å². The molecular formula is C22H24F2N9O7PS2. The van der Waals surface area contributed by atoms with Crippen LogP contribution in [0.1, 0.15) is 11.6 Å². The number of nitrogen functional groups attached to an aromatic ring is 2. The molecule has 3 aliphatic heterocycles. The van der Waals surface area contributed by atoms with Gasteiger partial charge in [0.25, 0.3) is 12.0 Å². The van der Waals surface area contributed by atoms with Crippen LogP contribution >= 0.6 is 31.6 Å². The fraction of sp³-hybridized carbons (Fsp3) is 0.500. The van der Waals surface area contributed by atoms with E-state index < -0.39 is 67.1 Å². The molecule has 0 aromatic carbocycles. The van der Waals surface area contributed by atoms with Crippen LogP contribution in [0.4, 0.5) is 20.4 Å². The van der Waals surface area contributed by atoms with Crippen LogP contribution in [0.25, 0.3) is 22.3 Å². The number of thiol groups is 1. The molecule has 0 amide bonds. The fourth-order valence-electron chi connectivity index (χ4n) is 5.28. The number of thioether (sulfide) groups is 1. The second-order valence-corrected chi connectivity index (χ2v) is 13.0. The Morgan fingerprint density at radius 1 is 1.09 bits per heavy atom. The number of H-pyrrole nitrogens is 1. The third-order valence-corrected chi connectivity index (χ3v) is 10.2. The number of fused-ring (bicyclic) bond motifs is 5. The second kappa shape index (κ2) is 11.4. The Kier molecular flexibility index (Phi) is 7.67. The average Bonchev–Trinajstić information content (AvgIpc) is 3.72. The number of hydrogen-bond donors (Lipinski definition) is 5. The number of nitrogens with zero attached hydrogens (tertiary/aromatic N) is 6. The van der Waals surface area contributed by atoms with E-state index in [0.717, 1.165) is 11.8 Å². The quantitative estimate of drug-likeness (QED) is 0.152. The number of halogens is 2. The molecule has 0 radical (unpaired) electrons. The van der Waals surface area contributed by atoms with Gasteiger partial charge in [0.05, 0.1) is 37.7 Å². The summed E-state index contributed by atoms with van der Waals surface area (Å²) in [5.74, 6) is -1.10. The largest absolute Gasteiger partial charge is 0.397 e. The summed E-state index contributed by atoms with van der Waals surface area (Å²) in [5.41, 5.74) is 11.0. The molecule has 0 saturated carbocycles. The van der Waals surface area contributed by atoms with E-state index in [-0.39, 0.29) is 30.3 Å². The van der Waals surface area contributed by atoms with Crippen LogP contribution < -0.4 is 17.0 Å². The average molecular weight is 660 g/mol. The van der Waals surface area contributed by atoms with Gasteiger partial charge in [0.2, 0.25) is 13.5 Å². The molecular weight excluding hydrogens is 635 g/mol. The molecule has 3 aliphatic rings. The summed E-state index contributed by atoms with van der Waals surface area (Å²) in [4.78, 5) is 31.4. The first-order valence-electron chi connectivity index (χ1n) is 12.8. The number of pyridine rings is 1. The highest BCUT2D eigenvalue weighted by Crippen LogP contribution is 2.55. The van der Waals surface area contributed by atoms with Crippen molar-refractivity contribution in [3.05, 3.63) is 35.3 Å². The number of imidazole rings is 2. The van der Waals surface area contributed by atoms with E-state index in [4.69, 9.17) is 34.7 Å². The Balaban J connectivity index is 1.15. The predicted molar refractivity (Wildman–Crippen MR) is 152 cm³/mol. The minimum Gasteiger partial charge on any atom is -0.397 e. The van der Waals surface area contributed by atoms with Crippen molar-refractivity contribution in [1.82, 2.24) is 34.1 Å². The van der Waals surface area contributed by atoms with Crippen LogP contribution in [0.15, 0.2) is 29.7 Å². The van der Waals surface area contributed by atoms with Crippen LogP contribution in [-0.4, -0.2) is 88.8 Å². The number of aliphatic hydroxyl groups is 1. The highest BCUT2D eigenvalue weighted by atomic mass is 32.7. The lowest BCUT2D eigenvalue weighted by Crippen LogP contribution is -2.35. The maximum atomic E-state index is 15.9. The van der Waals surface area contributed by atoms with Crippen molar-refractivity contribution in [3.63, 3.8) is 0 Å². The second-order valence-electron chi connectivity index (χ2n) is 9.89. The summed E-state index contributed by atoms with van der Waals surface area (Å²) < 4.78 is 63.2. The number of aromatic amines is 1. The lowest BCUT2D eigenvalue weighted by Gasteiger charge is -2.25. The minimum atomic E-state index is -2.05. The van der Waals surface area contributed by atoms with Crippen molar-refractivity contribution < 1.29 is 37.1 Å². The molecule has 4 aromatic heterocycles. The zero-order valence-electron chi connectivity index (χ0n) is 21.7. The van der Waals surface area contributed by atoms with Gasteiger partial charge < -0.3 is 39.8 Å². The summed E-state index contributed by atoms with van der Waals surface area (Å²) in [6.45, 7) is -2.49. The van der Waals surface area contributed by atoms with Gasteiger partial charge in [-0.05, 0) is 6.07 Å². The Morgan fingerprint density at radius 3 is 2.72 bits per heavy atom. The summed E-state index contributed by atoms with van der Waals surface area (Å²) >= 11 is 5.32. The van der Waals surface area contributed by atoms with Gasteiger partial charge in [0, 0.05) is 12.1 Å². The van der Waals surface area contributed by atoms with Gasteiger partial charge >= 0.3 is 0 Å². The van der Waals surface area contributed by atoms with Gasteiger partial charge in [-0.2, -0.15) is 4.98 Å². The van der Waals surface area contributed by atoms with Crippen molar-refractivity contribution in [1.29, 1.82) is 0 Å². The molecule has 3 saturated heterocycles. The molecule has 21 heteroatoms. The van der Waals surface area contributed by atoms with E-state index >= 15 is 8.78 Å². The molecule has 4 aromatic rings. The Morgan fingerprint density at radius 2 is 1.88 bits per heavy atom.